The molecule has 2 heterocycles. The average molecular weight is 502 g/mol. The number of amides is 3. The smallest absolute Gasteiger partial charge is 0.317 e. The standard InChI is InChI=1S/C28H35N7O2/c1-18(2)25(26(29)36)33-27-20-10-6-7-11-22(20)30-24(32-27)17-34-12-14-35(15-13-34)28(37)31-23-16-21(23)19-8-4-3-5-9-19/h3-11,18,21,23,25H,12-17H2,1-2H3,(H2,29,36)(H,31,37)(H,30,32,33)/t21-,23+,25-/m0/s1. The van der Waals surface area contributed by atoms with Gasteiger partial charge in [0.25, 0.3) is 0 Å². The Hall–Kier alpha value is -3.72. The van der Waals surface area contributed by atoms with Crippen LogP contribution in [0.1, 0.15) is 37.6 Å². The molecule has 9 nitrogen and oxygen atoms in total. The molecule has 37 heavy (non-hydrogen) atoms. The van der Waals surface area contributed by atoms with Gasteiger partial charge in [-0.3, -0.25) is 9.69 Å². The lowest BCUT2D eigenvalue weighted by Gasteiger charge is -2.34. The third kappa shape index (κ3) is 5.83. The van der Waals surface area contributed by atoms with Gasteiger partial charge in [0.05, 0.1) is 12.1 Å². The SMILES string of the molecule is CC(C)[C@H](Nc1nc(CN2CCN(C(=O)N[C@@H]3C[C@H]3c3ccccc3)CC2)nc2ccccc12)C(N)=O. The highest BCUT2D eigenvalue weighted by molar-refractivity contribution is 5.92. The highest BCUT2D eigenvalue weighted by Crippen LogP contribution is 2.40. The van der Waals surface area contributed by atoms with Crippen LogP contribution in [-0.4, -0.2) is 70.0 Å². The van der Waals surface area contributed by atoms with Crippen molar-refractivity contribution in [3.05, 3.63) is 66.0 Å². The normalized spacial score (nSPS) is 20.6. The van der Waals surface area contributed by atoms with Crippen LogP contribution in [0.25, 0.3) is 10.9 Å². The lowest BCUT2D eigenvalue weighted by atomic mass is 10.0. The fourth-order valence-corrected chi connectivity index (χ4v) is 5.00. The number of anilines is 1. The summed E-state index contributed by atoms with van der Waals surface area (Å²) in [6, 6.07) is 17.8. The Morgan fingerprint density at radius 2 is 1.70 bits per heavy atom. The monoisotopic (exact) mass is 501 g/mol. The number of nitrogens with zero attached hydrogens (tertiary/aromatic N) is 4. The fraction of sp³-hybridized carbons (Fsp3) is 0.429. The number of carbonyl (C=O) groups excluding carboxylic acids is 2. The number of piperazine rings is 1. The Kier molecular flexibility index (Phi) is 7.23. The summed E-state index contributed by atoms with van der Waals surface area (Å²) in [6.45, 7) is 7.27. The van der Waals surface area contributed by atoms with Crippen molar-refractivity contribution in [3.63, 3.8) is 0 Å². The number of aromatic nitrogens is 2. The number of nitrogens with two attached hydrogens (primary N) is 1. The first-order chi connectivity index (χ1) is 17.9. The van der Waals surface area contributed by atoms with Crippen molar-refractivity contribution in [3.8, 4) is 0 Å². The van der Waals surface area contributed by atoms with Gasteiger partial charge in [-0.05, 0) is 30.0 Å². The van der Waals surface area contributed by atoms with Gasteiger partial charge in [0.2, 0.25) is 5.91 Å². The maximum atomic E-state index is 12.8. The number of hydrogen-bond acceptors (Lipinski definition) is 6. The third-order valence-corrected chi connectivity index (χ3v) is 7.27. The largest absolute Gasteiger partial charge is 0.368 e. The third-order valence-electron chi connectivity index (χ3n) is 7.27. The Bertz CT molecular complexity index is 1260. The van der Waals surface area contributed by atoms with Gasteiger partial charge in [0.1, 0.15) is 17.7 Å². The van der Waals surface area contributed by atoms with E-state index in [1.54, 1.807) is 0 Å². The minimum absolute atomic E-state index is 0.0164. The lowest BCUT2D eigenvalue weighted by Crippen LogP contribution is -2.52. The Morgan fingerprint density at radius 3 is 2.41 bits per heavy atom. The van der Waals surface area contributed by atoms with Gasteiger partial charge in [0.15, 0.2) is 0 Å². The maximum absolute atomic E-state index is 12.8. The summed E-state index contributed by atoms with van der Waals surface area (Å²) < 4.78 is 0. The van der Waals surface area contributed by atoms with E-state index in [4.69, 9.17) is 15.7 Å². The molecule has 0 unspecified atom stereocenters. The van der Waals surface area contributed by atoms with Gasteiger partial charge in [-0.2, -0.15) is 0 Å². The molecule has 1 aliphatic carbocycles. The van der Waals surface area contributed by atoms with Crippen molar-refractivity contribution < 1.29 is 9.59 Å². The first-order valence-electron chi connectivity index (χ1n) is 13.0. The summed E-state index contributed by atoms with van der Waals surface area (Å²) in [5.74, 6) is 1.33. The second-order valence-corrected chi connectivity index (χ2v) is 10.3. The summed E-state index contributed by atoms with van der Waals surface area (Å²) in [7, 11) is 0. The van der Waals surface area contributed by atoms with Crippen LogP contribution in [0.2, 0.25) is 0 Å². The number of hydrogen-bond donors (Lipinski definition) is 3. The number of urea groups is 1. The van der Waals surface area contributed by atoms with Gasteiger partial charge < -0.3 is 21.3 Å². The first kappa shape index (κ1) is 25.0. The molecular weight excluding hydrogens is 466 g/mol. The van der Waals surface area contributed by atoms with E-state index in [1.165, 1.54) is 5.56 Å². The van der Waals surface area contributed by atoms with E-state index in [0.29, 0.717) is 37.2 Å². The molecule has 1 saturated carbocycles. The molecule has 0 radical (unpaired) electrons. The van der Waals surface area contributed by atoms with E-state index < -0.39 is 11.9 Å². The van der Waals surface area contributed by atoms with Crippen molar-refractivity contribution in [2.45, 2.75) is 44.8 Å². The van der Waals surface area contributed by atoms with E-state index in [-0.39, 0.29) is 18.0 Å². The summed E-state index contributed by atoms with van der Waals surface area (Å²) >= 11 is 0. The number of para-hydroxylation sites is 1. The predicted molar refractivity (Wildman–Crippen MR) is 144 cm³/mol. The van der Waals surface area contributed by atoms with Crippen molar-refractivity contribution in [1.82, 2.24) is 25.1 Å². The second-order valence-electron chi connectivity index (χ2n) is 10.3. The van der Waals surface area contributed by atoms with E-state index in [0.717, 1.165) is 30.4 Å². The van der Waals surface area contributed by atoms with Gasteiger partial charge >= 0.3 is 6.03 Å². The van der Waals surface area contributed by atoms with Crippen LogP contribution in [0.4, 0.5) is 10.6 Å². The molecule has 1 aliphatic heterocycles. The Balaban J connectivity index is 1.19. The molecule has 3 amide bonds. The van der Waals surface area contributed by atoms with E-state index in [1.807, 2.05) is 61.2 Å². The molecule has 3 atom stereocenters. The van der Waals surface area contributed by atoms with Crippen molar-refractivity contribution in [2.75, 3.05) is 31.5 Å². The molecule has 2 aliphatic rings. The lowest BCUT2D eigenvalue weighted by molar-refractivity contribution is -0.119. The van der Waals surface area contributed by atoms with Gasteiger partial charge in [0, 0.05) is 43.5 Å². The Morgan fingerprint density at radius 1 is 1.00 bits per heavy atom. The van der Waals surface area contributed by atoms with Crippen LogP contribution in [0.5, 0.6) is 0 Å². The highest BCUT2D eigenvalue weighted by Gasteiger charge is 2.40. The number of rotatable bonds is 8. The average Bonchev–Trinajstić information content (AvgIpc) is 3.66. The first-order valence-corrected chi connectivity index (χ1v) is 13.0. The number of benzene rings is 2. The van der Waals surface area contributed by atoms with Crippen molar-refractivity contribution in [2.24, 2.45) is 11.7 Å². The number of carbonyl (C=O) groups is 2. The minimum Gasteiger partial charge on any atom is -0.368 e. The maximum Gasteiger partial charge on any atom is 0.317 e. The summed E-state index contributed by atoms with van der Waals surface area (Å²) in [6.07, 6.45) is 0.999. The summed E-state index contributed by atoms with van der Waals surface area (Å²) in [5.41, 5.74) is 7.74. The minimum atomic E-state index is -0.527. The Labute approximate surface area is 217 Å². The molecule has 0 bridgehead atoms. The summed E-state index contributed by atoms with van der Waals surface area (Å²) in [5, 5.41) is 7.31. The topological polar surface area (TPSA) is 116 Å². The zero-order valence-corrected chi connectivity index (χ0v) is 21.4. The van der Waals surface area contributed by atoms with E-state index in [2.05, 4.69) is 27.7 Å². The predicted octanol–water partition coefficient (Wildman–Crippen LogP) is 2.93. The van der Waals surface area contributed by atoms with Gasteiger partial charge in [-0.25, -0.2) is 14.8 Å². The molecule has 4 N–H and O–H groups in total. The molecule has 9 heteroatoms. The molecule has 0 spiro atoms. The van der Waals surface area contributed by atoms with Crippen LogP contribution >= 0.6 is 0 Å². The van der Waals surface area contributed by atoms with Crippen LogP contribution in [-0.2, 0) is 11.3 Å². The molecule has 1 saturated heterocycles. The number of fused-ring (bicyclic) bond motifs is 1. The fourth-order valence-electron chi connectivity index (χ4n) is 5.00. The molecule has 2 aromatic carbocycles. The second kappa shape index (κ2) is 10.7. The quantitative estimate of drug-likeness (QED) is 0.437. The van der Waals surface area contributed by atoms with Crippen LogP contribution in [0.15, 0.2) is 54.6 Å². The molecular formula is C28H35N7O2. The van der Waals surface area contributed by atoms with Crippen LogP contribution in [0, 0.1) is 5.92 Å². The van der Waals surface area contributed by atoms with Crippen molar-refractivity contribution in [1.29, 1.82) is 0 Å². The molecule has 2 fully saturated rings. The zero-order chi connectivity index (χ0) is 25.9. The van der Waals surface area contributed by atoms with Gasteiger partial charge in [-0.1, -0.05) is 56.3 Å². The van der Waals surface area contributed by atoms with Crippen LogP contribution < -0.4 is 16.4 Å². The number of nitrogens with one attached hydrogen (secondary N) is 2. The molecule has 194 valence electrons. The number of primary amides is 1. The van der Waals surface area contributed by atoms with E-state index in [9.17, 15) is 9.59 Å². The summed E-state index contributed by atoms with van der Waals surface area (Å²) in [4.78, 5) is 38.5. The van der Waals surface area contributed by atoms with Crippen LogP contribution in [0.3, 0.4) is 0 Å². The highest BCUT2D eigenvalue weighted by atomic mass is 16.2. The van der Waals surface area contributed by atoms with Crippen molar-refractivity contribution >= 4 is 28.7 Å². The van der Waals surface area contributed by atoms with E-state index >= 15 is 0 Å². The van der Waals surface area contributed by atoms with Gasteiger partial charge in [-0.15, -0.1) is 0 Å². The molecule has 3 aromatic rings. The molecule has 5 rings (SSSR count). The zero-order valence-electron chi connectivity index (χ0n) is 21.4. The molecule has 1 aromatic heterocycles.